The van der Waals surface area contributed by atoms with Crippen LogP contribution < -0.4 is 10.6 Å². The summed E-state index contributed by atoms with van der Waals surface area (Å²) in [4.78, 5) is 16.5. The van der Waals surface area contributed by atoms with Gasteiger partial charge in [-0.15, -0.1) is 0 Å². The molecule has 126 valence electrons. The Kier molecular flexibility index (Phi) is 4.75. The van der Waals surface area contributed by atoms with E-state index in [1.54, 1.807) is 12.3 Å². The Bertz CT molecular complexity index is 887. The third-order valence-electron chi connectivity index (χ3n) is 3.61. The van der Waals surface area contributed by atoms with E-state index in [1.165, 1.54) is 30.5 Å². The number of benzene rings is 2. The highest BCUT2D eigenvalue weighted by molar-refractivity contribution is 6.04. The molecule has 2 N–H and O–H groups in total. The molecule has 1 heterocycles. The Morgan fingerprint density at radius 1 is 0.880 bits per heavy atom. The van der Waals surface area contributed by atoms with Gasteiger partial charge >= 0.3 is 0 Å². The van der Waals surface area contributed by atoms with E-state index in [4.69, 9.17) is 0 Å². The van der Waals surface area contributed by atoms with Crippen molar-refractivity contribution in [1.29, 1.82) is 0 Å². The first kappa shape index (κ1) is 16.6. The topological polar surface area (TPSA) is 54.0 Å². The van der Waals surface area contributed by atoms with Gasteiger partial charge in [-0.3, -0.25) is 9.78 Å². The quantitative estimate of drug-likeness (QED) is 0.718. The minimum atomic E-state index is -0.348. The van der Waals surface area contributed by atoms with Crippen LogP contribution in [0.3, 0.4) is 0 Å². The van der Waals surface area contributed by atoms with E-state index in [0.29, 0.717) is 11.3 Å². The van der Waals surface area contributed by atoms with Crippen LogP contribution in [0.2, 0.25) is 0 Å². The molecular formula is C20H18FN3O. The third-order valence-corrected chi connectivity index (χ3v) is 3.61. The molecule has 0 unspecified atom stereocenters. The maximum absolute atomic E-state index is 12.9. The molecule has 25 heavy (non-hydrogen) atoms. The number of amides is 1. The summed E-state index contributed by atoms with van der Waals surface area (Å²) < 4.78 is 12.9. The number of hydrogen-bond acceptors (Lipinski definition) is 3. The summed E-state index contributed by atoms with van der Waals surface area (Å²) in [5.41, 5.74) is 4.91. The maximum Gasteiger partial charge on any atom is 0.257 e. The predicted molar refractivity (Wildman–Crippen MR) is 97.8 cm³/mol. The minimum absolute atomic E-state index is 0.303. The van der Waals surface area contributed by atoms with Gasteiger partial charge in [-0.1, -0.05) is 6.07 Å². The fourth-order valence-electron chi connectivity index (χ4n) is 2.58. The van der Waals surface area contributed by atoms with Crippen LogP contribution in [0.4, 0.5) is 21.5 Å². The molecule has 3 rings (SSSR count). The van der Waals surface area contributed by atoms with Gasteiger partial charge in [0.1, 0.15) is 5.82 Å². The molecule has 0 saturated heterocycles. The van der Waals surface area contributed by atoms with E-state index >= 15 is 0 Å². The predicted octanol–water partition coefficient (Wildman–Crippen LogP) is 4.83. The smallest absolute Gasteiger partial charge is 0.257 e. The molecule has 0 aliphatic carbocycles. The van der Waals surface area contributed by atoms with E-state index in [-0.39, 0.29) is 11.7 Å². The van der Waals surface area contributed by atoms with Crippen molar-refractivity contribution in [1.82, 2.24) is 4.98 Å². The van der Waals surface area contributed by atoms with Crippen molar-refractivity contribution >= 4 is 23.0 Å². The number of anilines is 3. The zero-order chi connectivity index (χ0) is 17.8. The molecule has 4 nitrogen and oxygen atoms in total. The molecule has 0 spiro atoms. The van der Waals surface area contributed by atoms with Crippen LogP contribution in [0, 0.1) is 19.7 Å². The number of pyridine rings is 1. The molecule has 3 aromatic rings. The lowest BCUT2D eigenvalue weighted by Crippen LogP contribution is -2.12. The van der Waals surface area contributed by atoms with E-state index in [9.17, 15) is 9.18 Å². The second-order valence-corrected chi connectivity index (χ2v) is 5.92. The first-order valence-electron chi connectivity index (χ1n) is 7.87. The SMILES string of the molecule is Cc1cc(C)cc(Nc2cncc(C(=O)Nc3ccc(F)cc3)c2)c1. The van der Waals surface area contributed by atoms with Gasteiger partial charge in [-0.2, -0.15) is 0 Å². The summed E-state index contributed by atoms with van der Waals surface area (Å²) in [5, 5.41) is 5.98. The molecule has 0 bridgehead atoms. The Hall–Kier alpha value is -3.21. The lowest BCUT2D eigenvalue weighted by Gasteiger charge is -2.10. The summed E-state index contributed by atoms with van der Waals surface area (Å²) in [6.07, 6.45) is 3.15. The summed E-state index contributed by atoms with van der Waals surface area (Å²) in [5.74, 6) is -0.650. The van der Waals surface area contributed by atoms with Crippen LogP contribution >= 0.6 is 0 Å². The standard InChI is InChI=1S/C20H18FN3O/c1-13-7-14(2)9-18(8-13)23-19-10-15(11-22-12-19)20(25)24-17-5-3-16(21)4-6-17/h3-12,23H,1-2H3,(H,24,25). The molecule has 0 radical (unpaired) electrons. The van der Waals surface area contributed by atoms with Crippen molar-refractivity contribution in [2.75, 3.05) is 10.6 Å². The van der Waals surface area contributed by atoms with Crippen molar-refractivity contribution < 1.29 is 9.18 Å². The van der Waals surface area contributed by atoms with Gasteiger partial charge in [0.25, 0.3) is 5.91 Å². The number of carbonyl (C=O) groups excluding carboxylic acids is 1. The fourth-order valence-corrected chi connectivity index (χ4v) is 2.58. The van der Waals surface area contributed by atoms with Gasteiger partial charge in [0, 0.05) is 17.6 Å². The van der Waals surface area contributed by atoms with Crippen LogP contribution in [-0.4, -0.2) is 10.9 Å². The summed E-state index contributed by atoms with van der Waals surface area (Å²) >= 11 is 0. The monoisotopic (exact) mass is 335 g/mol. The van der Waals surface area contributed by atoms with Crippen LogP contribution in [-0.2, 0) is 0 Å². The van der Waals surface area contributed by atoms with Gasteiger partial charge in [-0.25, -0.2) is 4.39 Å². The molecule has 0 aliphatic heterocycles. The third kappa shape index (κ3) is 4.41. The summed E-state index contributed by atoms with van der Waals surface area (Å²) in [6, 6.07) is 13.5. The van der Waals surface area contributed by atoms with Crippen molar-refractivity contribution in [2.45, 2.75) is 13.8 Å². The first-order valence-corrected chi connectivity index (χ1v) is 7.87. The number of aromatic nitrogens is 1. The summed E-state index contributed by atoms with van der Waals surface area (Å²) in [6.45, 7) is 4.06. The molecule has 1 aromatic heterocycles. The molecule has 2 aromatic carbocycles. The van der Waals surface area contributed by atoms with Gasteiger partial charge in [0.2, 0.25) is 0 Å². The van der Waals surface area contributed by atoms with Crippen LogP contribution in [0.1, 0.15) is 21.5 Å². The molecule has 0 fully saturated rings. The summed E-state index contributed by atoms with van der Waals surface area (Å²) in [7, 11) is 0. The van der Waals surface area contributed by atoms with E-state index in [2.05, 4.69) is 21.7 Å². The Morgan fingerprint density at radius 2 is 1.56 bits per heavy atom. The van der Waals surface area contributed by atoms with Gasteiger partial charge < -0.3 is 10.6 Å². The molecule has 5 heteroatoms. The van der Waals surface area contributed by atoms with Gasteiger partial charge in [-0.05, 0) is 67.4 Å². The largest absolute Gasteiger partial charge is 0.354 e. The lowest BCUT2D eigenvalue weighted by molar-refractivity contribution is 0.102. The minimum Gasteiger partial charge on any atom is -0.354 e. The van der Waals surface area contributed by atoms with Crippen LogP contribution in [0.15, 0.2) is 60.9 Å². The van der Waals surface area contributed by atoms with Crippen molar-refractivity contribution in [3.63, 3.8) is 0 Å². The first-order chi connectivity index (χ1) is 12.0. The number of halogens is 1. The number of nitrogens with zero attached hydrogens (tertiary/aromatic N) is 1. The van der Waals surface area contributed by atoms with E-state index in [0.717, 1.165) is 22.5 Å². The molecule has 1 amide bonds. The van der Waals surface area contributed by atoms with Gasteiger partial charge in [0.05, 0.1) is 17.4 Å². The lowest BCUT2D eigenvalue weighted by atomic mass is 10.1. The zero-order valence-electron chi connectivity index (χ0n) is 14.0. The second-order valence-electron chi connectivity index (χ2n) is 5.92. The van der Waals surface area contributed by atoms with E-state index < -0.39 is 0 Å². The molecular weight excluding hydrogens is 317 g/mol. The number of hydrogen-bond donors (Lipinski definition) is 2. The Labute approximate surface area is 145 Å². The average molecular weight is 335 g/mol. The van der Waals surface area contributed by atoms with Crippen molar-refractivity contribution in [3.05, 3.63) is 83.4 Å². The van der Waals surface area contributed by atoms with Crippen LogP contribution in [0.25, 0.3) is 0 Å². The normalized spacial score (nSPS) is 10.4. The maximum atomic E-state index is 12.9. The fraction of sp³-hybridized carbons (Fsp3) is 0.100. The van der Waals surface area contributed by atoms with Crippen molar-refractivity contribution in [2.24, 2.45) is 0 Å². The number of rotatable bonds is 4. The van der Waals surface area contributed by atoms with Gasteiger partial charge in [0.15, 0.2) is 0 Å². The number of aryl methyl sites for hydroxylation is 2. The van der Waals surface area contributed by atoms with E-state index in [1.807, 2.05) is 26.0 Å². The second kappa shape index (κ2) is 7.13. The average Bonchev–Trinajstić information content (AvgIpc) is 2.56. The number of nitrogens with one attached hydrogen (secondary N) is 2. The highest BCUT2D eigenvalue weighted by atomic mass is 19.1. The number of carbonyl (C=O) groups is 1. The Morgan fingerprint density at radius 3 is 2.24 bits per heavy atom. The van der Waals surface area contributed by atoms with Crippen molar-refractivity contribution in [3.8, 4) is 0 Å². The molecule has 0 saturated carbocycles. The molecule has 0 atom stereocenters. The highest BCUT2D eigenvalue weighted by Crippen LogP contribution is 2.20. The Balaban J connectivity index is 1.76. The molecule has 0 aliphatic rings. The zero-order valence-corrected chi connectivity index (χ0v) is 14.0. The highest BCUT2D eigenvalue weighted by Gasteiger charge is 2.08. The van der Waals surface area contributed by atoms with Crippen LogP contribution in [0.5, 0.6) is 0 Å².